The van der Waals surface area contributed by atoms with E-state index in [9.17, 15) is 9.90 Å². The first kappa shape index (κ1) is 13.9. The summed E-state index contributed by atoms with van der Waals surface area (Å²) in [5.41, 5.74) is -0.370. The Labute approximate surface area is 111 Å². The first-order valence-electron chi connectivity index (χ1n) is 7.82. The predicted octanol–water partition coefficient (Wildman–Crippen LogP) is 4.48. The third-order valence-electron chi connectivity index (χ3n) is 5.80. The van der Waals surface area contributed by atoms with Crippen molar-refractivity contribution in [3.63, 3.8) is 0 Å². The molecule has 2 nitrogen and oxygen atoms in total. The van der Waals surface area contributed by atoms with Crippen LogP contribution in [0.4, 0.5) is 0 Å². The Kier molecular flexibility index (Phi) is 4.34. The molecule has 0 spiro atoms. The molecule has 2 aliphatic rings. The molecule has 0 amide bonds. The van der Waals surface area contributed by atoms with Crippen molar-refractivity contribution < 1.29 is 9.90 Å². The highest BCUT2D eigenvalue weighted by Gasteiger charge is 2.47. The second kappa shape index (κ2) is 5.63. The lowest BCUT2D eigenvalue weighted by Crippen LogP contribution is -2.43. The maximum Gasteiger partial charge on any atom is 0.309 e. The number of aliphatic carboxylic acids is 1. The molecular weight excluding hydrogens is 224 g/mol. The van der Waals surface area contributed by atoms with E-state index >= 15 is 0 Å². The van der Waals surface area contributed by atoms with Gasteiger partial charge in [0.15, 0.2) is 0 Å². The van der Waals surface area contributed by atoms with Crippen molar-refractivity contribution in [2.45, 2.75) is 71.6 Å². The number of rotatable bonds is 3. The zero-order chi connectivity index (χ0) is 13.2. The van der Waals surface area contributed by atoms with Crippen LogP contribution in [0.2, 0.25) is 0 Å². The maximum absolute atomic E-state index is 11.8. The molecule has 104 valence electrons. The minimum Gasteiger partial charge on any atom is -0.481 e. The van der Waals surface area contributed by atoms with Crippen molar-refractivity contribution in [1.29, 1.82) is 0 Å². The maximum atomic E-state index is 11.8. The molecular formula is C16H28O2. The van der Waals surface area contributed by atoms with Crippen LogP contribution >= 0.6 is 0 Å². The average molecular weight is 252 g/mol. The van der Waals surface area contributed by atoms with Crippen LogP contribution in [0.25, 0.3) is 0 Å². The Bertz CT molecular complexity index is 281. The van der Waals surface area contributed by atoms with E-state index in [1.54, 1.807) is 0 Å². The van der Waals surface area contributed by atoms with Crippen LogP contribution in [0, 0.1) is 23.2 Å². The topological polar surface area (TPSA) is 37.3 Å². The standard InChI is InChI=1S/C16H28O2/c1-3-13-4-6-14(7-5-13)16(15(17)18)10-8-12(2)9-11-16/h12-14H,3-11H2,1-2H3,(H,17,18)/t12-,13?,14?,16-. The Morgan fingerprint density at radius 1 is 1.11 bits per heavy atom. The summed E-state index contributed by atoms with van der Waals surface area (Å²) < 4.78 is 0. The molecule has 0 aliphatic heterocycles. The first-order chi connectivity index (χ1) is 8.58. The van der Waals surface area contributed by atoms with Gasteiger partial charge < -0.3 is 5.11 Å². The van der Waals surface area contributed by atoms with Gasteiger partial charge in [0.05, 0.1) is 5.41 Å². The van der Waals surface area contributed by atoms with Crippen LogP contribution in [-0.2, 0) is 4.79 Å². The van der Waals surface area contributed by atoms with Gasteiger partial charge in [0.2, 0.25) is 0 Å². The smallest absolute Gasteiger partial charge is 0.309 e. The van der Waals surface area contributed by atoms with Crippen LogP contribution < -0.4 is 0 Å². The molecule has 0 unspecified atom stereocenters. The van der Waals surface area contributed by atoms with E-state index in [1.807, 2.05) is 0 Å². The normalized spacial score (nSPS) is 41.6. The van der Waals surface area contributed by atoms with E-state index in [1.165, 1.54) is 19.3 Å². The molecule has 18 heavy (non-hydrogen) atoms. The zero-order valence-electron chi connectivity index (χ0n) is 12.0. The number of carbonyl (C=O) groups is 1. The minimum absolute atomic E-state index is 0.370. The van der Waals surface area contributed by atoms with Crippen molar-refractivity contribution in [3.8, 4) is 0 Å². The second-order valence-electron chi connectivity index (χ2n) is 6.77. The van der Waals surface area contributed by atoms with Gasteiger partial charge in [0.1, 0.15) is 0 Å². The Hall–Kier alpha value is -0.530. The van der Waals surface area contributed by atoms with Crippen molar-refractivity contribution >= 4 is 5.97 Å². The number of carboxylic acids is 1. The van der Waals surface area contributed by atoms with Gasteiger partial charge in [-0.2, -0.15) is 0 Å². The molecule has 0 aromatic rings. The van der Waals surface area contributed by atoms with Gasteiger partial charge in [-0.3, -0.25) is 4.79 Å². The summed E-state index contributed by atoms with van der Waals surface area (Å²) in [6.45, 7) is 4.53. The van der Waals surface area contributed by atoms with Gasteiger partial charge in [-0.1, -0.05) is 33.1 Å². The predicted molar refractivity (Wildman–Crippen MR) is 73.4 cm³/mol. The molecule has 2 saturated carbocycles. The van der Waals surface area contributed by atoms with E-state index in [4.69, 9.17) is 0 Å². The van der Waals surface area contributed by atoms with E-state index in [2.05, 4.69) is 13.8 Å². The Balaban J connectivity index is 2.05. The van der Waals surface area contributed by atoms with Crippen molar-refractivity contribution in [2.75, 3.05) is 0 Å². The van der Waals surface area contributed by atoms with Crippen LogP contribution in [-0.4, -0.2) is 11.1 Å². The van der Waals surface area contributed by atoms with Gasteiger partial charge >= 0.3 is 5.97 Å². The van der Waals surface area contributed by atoms with Crippen LogP contribution in [0.5, 0.6) is 0 Å². The lowest BCUT2D eigenvalue weighted by molar-refractivity contribution is -0.157. The zero-order valence-corrected chi connectivity index (χ0v) is 12.0. The molecule has 0 radical (unpaired) electrons. The van der Waals surface area contributed by atoms with Gasteiger partial charge in [0, 0.05) is 0 Å². The molecule has 0 aromatic carbocycles. The van der Waals surface area contributed by atoms with Crippen molar-refractivity contribution in [2.24, 2.45) is 23.2 Å². The lowest BCUT2D eigenvalue weighted by atomic mass is 9.59. The SMILES string of the molecule is CCC1CCC([C@]2(C(=O)O)CC[C@H](C)CC2)CC1. The highest BCUT2D eigenvalue weighted by molar-refractivity contribution is 5.75. The summed E-state index contributed by atoms with van der Waals surface area (Å²) in [4.78, 5) is 11.8. The first-order valence-corrected chi connectivity index (χ1v) is 7.82. The van der Waals surface area contributed by atoms with Crippen LogP contribution in [0.3, 0.4) is 0 Å². The summed E-state index contributed by atoms with van der Waals surface area (Å²) in [7, 11) is 0. The number of hydrogen-bond acceptors (Lipinski definition) is 1. The van der Waals surface area contributed by atoms with E-state index < -0.39 is 5.97 Å². The molecule has 0 atom stereocenters. The highest BCUT2D eigenvalue weighted by atomic mass is 16.4. The number of carboxylic acid groups (broad SMARTS) is 1. The Morgan fingerprint density at radius 3 is 2.11 bits per heavy atom. The van der Waals surface area contributed by atoms with E-state index in [0.29, 0.717) is 5.92 Å². The molecule has 0 heterocycles. The number of hydrogen-bond donors (Lipinski definition) is 1. The average Bonchev–Trinajstić information content (AvgIpc) is 2.40. The molecule has 2 heteroatoms. The van der Waals surface area contributed by atoms with E-state index in [0.717, 1.165) is 50.4 Å². The third kappa shape index (κ3) is 2.57. The molecule has 0 bridgehead atoms. The van der Waals surface area contributed by atoms with Crippen LogP contribution in [0.15, 0.2) is 0 Å². The monoisotopic (exact) mass is 252 g/mol. The van der Waals surface area contributed by atoms with Gasteiger partial charge in [-0.15, -0.1) is 0 Å². The van der Waals surface area contributed by atoms with Crippen LogP contribution in [0.1, 0.15) is 71.6 Å². The molecule has 2 fully saturated rings. The quantitative estimate of drug-likeness (QED) is 0.804. The second-order valence-corrected chi connectivity index (χ2v) is 6.77. The van der Waals surface area contributed by atoms with Gasteiger partial charge in [0.25, 0.3) is 0 Å². The van der Waals surface area contributed by atoms with Gasteiger partial charge in [-0.05, 0) is 56.3 Å². The fourth-order valence-electron chi connectivity index (χ4n) is 4.20. The molecule has 0 saturated heterocycles. The molecule has 2 aliphatic carbocycles. The highest BCUT2D eigenvalue weighted by Crippen LogP contribution is 2.50. The summed E-state index contributed by atoms with van der Waals surface area (Å²) in [6, 6.07) is 0. The third-order valence-corrected chi connectivity index (χ3v) is 5.80. The fraction of sp³-hybridized carbons (Fsp3) is 0.938. The molecule has 2 rings (SSSR count). The van der Waals surface area contributed by atoms with Crippen molar-refractivity contribution in [1.82, 2.24) is 0 Å². The summed E-state index contributed by atoms with van der Waals surface area (Å²) in [6.07, 6.45) is 10.1. The van der Waals surface area contributed by atoms with Gasteiger partial charge in [-0.25, -0.2) is 0 Å². The fourth-order valence-corrected chi connectivity index (χ4v) is 4.20. The molecule has 0 aromatic heterocycles. The van der Waals surface area contributed by atoms with E-state index in [-0.39, 0.29) is 5.41 Å². The minimum atomic E-state index is -0.505. The lowest BCUT2D eigenvalue weighted by Gasteiger charge is -2.44. The Morgan fingerprint density at radius 2 is 1.67 bits per heavy atom. The largest absolute Gasteiger partial charge is 0.481 e. The molecule has 1 N–H and O–H groups in total. The van der Waals surface area contributed by atoms with Crippen molar-refractivity contribution in [3.05, 3.63) is 0 Å². The summed E-state index contributed by atoms with van der Waals surface area (Å²) in [5.74, 6) is 1.53. The summed E-state index contributed by atoms with van der Waals surface area (Å²) >= 11 is 0. The summed E-state index contributed by atoms with van der Waals surface area (Å²) in [5, 5.41) is 9.75.